The van der Waals surface area contributed by atoms with Gasteiger partial charge in [0.2, 0.25) is 11.8 Å². The van der Waals surface area contributed by atoms with Crippen molar-refractivity contribution in [2.24, 2.45) is 7.05 Å². The third kappa shape index (κ3) is 6.74. The zero-order valence-corrected chi connectivity index (χ0v) is 23.2. The molecule has 0 radical (unpaired) electrons. The van der Waals surface area contributed by atoms with Gasteiger partial charge in [-0.1, -0.05) is 23.7 Å². The number of aryl methyl sites for hydroxylation is 1. The van der Waals surface area contributed by atoms with Crippen LogP contribution in [0, 0.1) is 0 Å². The molecule has 1 saturated heterocycles. The van der Waals surface area contributed by atoms with Gasteiger partial charge in [0.15, 0.2) is 5.75 Å². The van der Waals surface area contributed by atoms with E-state index in [-0.39, 0.29) is 17.1 Å². The number of ether oxygens (including phenoxy) is 2. The van der Waals surface area contributed by atoms with Gasteiger partial charge in [0, 0.05) is 56.9 Å². The number of nitrogen functional groups attached to an aromatic ring is 1. The molecule has 1 aliphatic heterocycles. The third-order valence-corrected chi connectivity index (χ3v) is 6.79. The van der Waals surface area contributed by atoms with Crippen LogP contribution >= 0.6 is 11.6 Å². The van der Waals surface area contributed by atoms with E-state index < -0.39 is 22.7 Å². The maximum atomic E-state index is 12.3. The molecule has 0 saturated carbocycles. The number of piperazine rings is 1. The fourth-order valence-corrected chi connectivity index (χ4v) is 4.55. The van der Waals surface area contributed by atoms with Crippen molar-refractivity contribution in [3.8, 4) is 17.4 Å². The first kappa shape index (κ1) is 29.7. The summed E-state index contributed by atoms with van der Waals surface area (Å²) in [6, 6.07) is 10.7. The number of benzene rings is 2. The number of carbonyl (C=O) groups is 1. The Morgan fingerprint density at radius 3 is 2.41 bits per heavy atom. The minimum atomic E-state index is -4.50. The first-order valence-corrected chi connectivity index (χ1v) is 12.7. The highest BCUT2D eigenvalue weighted by Gasteiger charge is 2.34. The number of carboxylic acids is 1. The number of fused-ring (bicyclic) bond motifs is 1. The van der Waals surface area contributed by atoms with E-state index in [4.69, 9.17) is 26.8 Å². The van der Waals surface area contributed by atoms with Crippen LogP contribution < -0.4 is 20.1 Å². The van der Waals surface area contributed by atoms with Crippen LogP contribution in [-0.2, 0) is 13.2 Å². The fourth-order valence-electron chi connectivity index (χ4n) is 4.29. The maximum absolute atomic E-state index is 12.3. The predicted octanol–water partition coefficient (Wildman–Crippen LogP) is 5.16. The number of methoxy groups -OCH3 is 1. The number of nitrogens with two attached hydrogens (primary N) is 1. The maximum Gasteiger partial charge on any atom is 0.417 e. The van der Waals surface area contributed by atoms with Crippen molar-refractivity contribution in [3.63, 3.8) is 0 Å². The number of nitrogens with zero attached hydrogens (tertiary/aromatic N) is 5. The molecule has 2 aromatic heterocycles. The second-order valence-corrected chi connectivity index (χ2v) is 9.65. The Labute approximate surface area is 238 Å². The van der Waals surface area contributed by atoms with Gasteiger partial charge in [-0.05, 0) is 25.2 Å². The van der Waals surface area contributed by atoms with Gasteiger partial charge in [0.25, 0.3) is 0 Å². The molecule has 41 heavy (non-hydrogen) atoms. The van der Waals surface area contributed by atoms with Gasteiger partial charge in [-0.25, -0.2) is 9.78 Å². The van der Waals surface area contributed by atoms with Crippen molar-refractivity contribution in [3.05, 3.63) is 64.9 Å². The topological polar surface area (TPSA) is 119 Å². The van der Waals surface area contributed by atoms with Crippen molar-refractivity contribution in [2.75, 3.05) is 51.0 Å². The monoisotopic (exact) mass is 592 g/mol. The van der Waals surface area contributed by atoms with Crippen molar-refractivity contribution in [1.82, 2.24) is 19.4 Å². The molecule has 3 heterocycles. The van der Waals surface area contributed by atoms with E-state index in [1.807, 2.05) is 18.2 Å². The summed E-state index contributed by atoms with van der Waals surface area (Å²) in [5.74, 6) is 0.794. The summed E-state index contributed by atoms with van der Waals surface area (Å²) in [7, 11) is 5.12. The zero-order chi connectivity index (χ0) is 29.9. The Morgan fingerprint density at radius 1 is 1.07 bits per heavy atom. The van der Waals surface area contributed by atoms with Crippen LogP contribution in [0.2, 0.25) is 5.02 Å². The summed E-state index contributed by atoms with van der Waals surface area (Å²) in [4.78, 5) is 24.7. The number of para-hydroxylation sites is 1. The number of aromatic carboxylic acids is 1. The fraction of sp³-hybridized carbons (Fsp3) is 0.296. The number of hydrogen-bond acceptors (Lipinski definition) is 8. The molecule has 4 aromatic rings. The molecule has 0 aliphatic carbocycles. The summed E-state index contributed by atoms with van der Waals surface area (Å²) in [5.41, 5.74) is 5.19. The normalized spacial score (nSPS) is 14.0. The Balaban J connectivity index is 0.000000234. The zero-order valence-electron chi connectivity index (χ0n) is 22.4. The number of aromatic nitrogens is 3. The van der Waals surface area contributed by atoms with Gasteiger partial charge in [-0.15, -0.1) is 0 Å². The minimum Gasteiger partial charge on any atom is -0.495 e. The summed E-state index contributed by atoms with van der Waals surface area (Å²) < 4.78 is 49.2. The molecule has 10 nitrogen and oxygen atoms in total. The molecule has 14 heteroatoms. The standard InChI is InChI=1S/C19H21N5O3.C8H7ClF3NO/c1-22-8-10-24(11-9-22)19-20-7-6-16(21-19)27-15-5-3-4-13-12-14(18(25)26)23(2)17(13)15;1-14-7-3-5(9)4(2-6(7)13)8(10,11)12/h3-7,12H,8-11H2,1-2H3,(H,25,26);2-3H,13H2,1H3. The molecular formula is C27H28ClF3N6O4. The summed E-state index contributed by atoms with van der Waals surface area (Å²) in [5, 5.41) is 9.73. The van der Waals surface area contributed by atoms with E-state index in [0.717, 1.165) is 49.2 Å². The molecule has 1 aliphatic rings. The van der Waals surface area contributed by atoms with E-state index >= 15 is 0 Å². The van der Waals surface area contributed by atoms with E-state index in [9.17, 15) is 23.1 Å². The van der Waals surface area contributed by atoms with Crippen LogP contribution in [0.25, 0.3) is 10.9 Å². The predicted molar refractivity (Wildman–Crippen MR) is 149 cm³/mol. The lowest BCUT2D eigenvalue weighted by molar-refractivity contribution is -0.137. The molecule has 218 valence electrons. The molecular weight excluding hydrogens is 565 g/mol. The molecule has 0 amide bonds. The van der Waals surface area contributed by atoms with E-state index in [2.05, 4.69) is 26.8 Å². The third-order valence-electron chi connectivity index (χ3n) is 6.48. The smallest absolute Gasteiger partial charge is 0.417 e. The van der Waals surface area contributed by atoms with Gasteiger partial charge >= 0.3 is 12.1 Å². The first-order valence-electron chi connectivity index (χ1n) is 12.4. The van der Waals surface area contributed by atoms with Crippen molar-refractivity contribution in [2.45, 2.75) is 6.18 Å². The Morgan fingerprint density at radius 2 is 1.78 bits per heavy atom. The summed E-state index contributed by atoms with van der Waals surface area (Å²) in [6.45, 7) is 3.68. The van der Waals surface area contributed by atoms with Gasteiger partial charge in [-0.2, -0.15) is 18.2 Å². The highest BCUT2D eigenvalue weighted by molar-refractivity contribution is 6.31. The Bertz CT molecular complexity index is 1550. The highest BCUT2D eigenvalue weighted by atomic mass is 35.5. The lowest BCUT2D eigenvalue weighted by atomic mass is 10.2. The van der Waals surface area contributed by atoms with Crippen LogP contribution in [-0.4, -0.2) is 70.8 Å². The van der Waals surface area contributed by atoms with Crippen LogP contribution in [0.1, 0.15) is 16.1 Å². The number of halogens is 4. The molecule has 2 aromatic carbocycles. The molecule has 0 bridgehead atoms. The van der Waals surface area contributed by atoms with E-state index in [1.54, 1.807) is 29.9 Å². The number of carboxylic acid groups (broad SMARTS) is 1. The second kappa shape index (κ2) is 12.1. The molecule has 0 unspecified atom stereocenters. The lowest BCUT2D eigenvalue weighted by Crippen LogP contribution is -2.45. The van der Waals surface area contributed by atoms with Gasteiger partial charge in [0.05, 0.1) is 28.9 Å². The van der Waals surface area contributed by atoms with Crippen LogP contribution in [0.4, 0.5) is 24.8 Å². The number of alkyl halides is 3. The van der Waals surface area contributed by atoms with Gasteiger partial charge in [-0.3, -0.25) is 0 Å². The van der Waals surface area contributed by atoms with Gasteiger partial charge in [0.1, 0.15) is 11.4 Å². The minimum absolute atomic E-state index is 0.0933. The average molecular weight is 593 g/mol. The molecule has 3 N–H and O–H groups in total. The van der Waals surface area contributed by atoms with Crippen LogP contribution in [0.3, 0.4) is 0 Å². The molecule has 0 atom stereocenters. The number of hydrogen-bond donors (Lipinski definition) is 2. The number of anilines is 2. The van der Waals surface area contributed by atoms with Crippen molar-refractivity contribution < 1.29 is 32.5 Å². The number of rotatable bonds is 5. The van der Waals surface area contributed by atoms with E-state index in [1.165, 1.54) is 7.11 Å². The first-order chi connectivity index (χ1) is 19.4. The Hall–Kier alpha value is -4.23. The average Bonchev–Trinajstić information content (AvgIpc) is 3.27. The van der Waals surface area contributed by atoms with Crippen molar-refractivity contribution in [1.29, 1.82) is 0 Å². The highest BCUT2D eigenvalue weighted by Crippen LogP contribution is 2.39. The van der Waals surface area contributed by atoms with Crippen LogP contribution in [0.15, 0.2) is 48.7 Å². The van der Waals surface area contributed by atoms with Crippen molar-refractivity contribution >= 4 is 40.1 Å². The molecule has 1 fully saturated rings. The van der Waals surface area contributed by atoms with E-state index in [0.29, 0.717) is 17.6 Å². The summed E-state index contributed by atoms with van der Waals surface area (Å²) in [6.07, 6.45) is -2.82. The lowest BCUT2D eigenvalue weighted by Gasteiger charge is -2.32. The molecule has 0 spiro atoms. The quantitative estimate of drug-likeness (QED) is 0.303. The second-order valence-electron chi connectivity index (χ2n) is 9.25. The largest absolute Gasteiger partial charge is 0.495 e. The SMILES string of the molecule is CN1CCN(c2nccc(Oc3cccc4cc(C(=O)O)n(C)c34)n2)CC1.COc1cc(Cl)c(C(F)(F)F)cc1N. The summed E-state index contributed by atoms with van der Waals surface area (Å²) >= 11 is 5.41. The van der Waals surface area contributed by atoms with Gasteiger partial charge < -0.3 is 34.7 Å². The molecule has 5 rings (SSSR count). The Kier molecular flexibility index (Phi) is 8.78. The number of likely N-dealkylation sites (N-methyl/N-ethyl adjacent to an activating group) is 1. The van der Waals surface area contributed by atoms with Crippen LogP contribution in [0.5, 0.6) is 17.4 Å².